The predicted octanol–water partition coefficient (Wildman–Crippen LogP) is 3.21. The molecule has 16 heavy (non-hydrogen) atoms. The zero-order valence-corrected chi connectivity index (χ0v) is 9.38. The Morgan fingerprint density at radius 3 is 2.00 bits per heavy atom. The van der Waals surface area contributed by atoms with Crippen LogP contribution in [0.5, 0.6) is 0 Å². The molecule has 0 saturated carbocycles. The molecule has 0 aliphatic carbocycles. The molecule has 0 radical (unpaired) electrons. The van der Waals surface area contributed by atoms with Gasteiger partial charge in [0.25, 0.3) is 0 Å². The zero-order valence-electron chi connectivity index (χ0n) is 9.38. The van der Waals surface area contributed by atoms with E-state index in [4.69, 9.17) is 5.73 Å². The van der Waals surface area contributed by atoms with Crippen molar-refractivity contribution in [3.8, 4) is 0 Å². The summed E-state index contributed by atoms with van der Waals surface area (Å²) in [4.78, 5) is 0. The molecule has 1 rings (SSSR count). The van der Waals surface area contributed by atoms with E-state index in [2.05, 4.69) is 0 Å². The van der Waals surface area contributed by atoms with Crippen LogP contribution in [-0.4, -0.2) is 6.54 Å². The van der Waals surface area contributed by atoms with Crippen LogP contribution in [0.25, 0.3) is 0 Å². The van der Waals surface area contributed by atoms with Crippen molar-refractivity contribution in [2.75, 3.05) is 6.54 Å². The highest BCUT2D eigenvalue weighted by atomic mass is 19.1. The molecule has 2 unspecified atom stereocenters. The summed E-state index contributed by atoms with van der Waals surface area (Å²) in [6.45, 7) is 3.82. The van der Waals surface area contributed by atoms with Gasteiger partial charge in [0.2, 0.25) is 0 Å². The van der Waals surface area contributed by atoms with E-state index in [1.165, 1.54) is 0 Å². The third-order valence-electron chi connectivity index (χ3n) is 2.71. The normalized spacial score (nSPS) is 15.2. The Kier molecular flexibility index (Phi) is 4.35. The van der Waals surface area contributed by atoms with Crippen LogP contribution in [0.4, 0.5) is 13.2 Å². The van der Waals surface area contributed by atoms with Gasteiger partial charge in [0.1, 0.15) is 17.8 Å². The summed E-state index contributed by atoms with van der Waals surface area (Å²) < 4.78 is 39.8. The third kappa shape index (κ3) is 2.98. The van der Waals surface area contributed by atoms with E-state index in [1.807, 2.05) is 13.8 Å². The average Bonchev–Trinajstić information content (AvgIpc) is 2.16. The second-order valence-electron chi connectivity index (χ2n) is 4.25. The molecule has 4 heteroatoms. The lowest BCUT2D eigenvalue weighted by Crippen LogP contribution is -2.24. The number of hydrogen-bond donors (Lipinski definition) is 1. The second kappa shape index (κ2) is 5.34. The highest BCUT2D eigenvalue weighted by Gasteiger charge is 2.25. The van der Waals surface area contributed by atoms with Gasteiger partial charge in [0, 0.05) is 12.0 Å². The molecule has 90 valence electrons. The van der Waals surface area contributed by atoms with Crippen LogP contribution in [0.2, 0.25) is 0 Å². The first-order valence-electron chi connectivity index (χ1n) is 5.25. The molecule has 0 aliphatic heterocycles. The number of benzene rings is 1. The van der Waals surface area contributed by atoms with Crippen molar-refractivity contribution in [2.45, 2.75) is 20.0 Å². The van der Waals surface area contributed by atoms with Crippen LogP contribution >= 0.6 is 0 Å². The molecule has 0 bridgehead atoms. The fraction of sp³-hybridized carbons (Fsp3) is 0.500. The molecule has 0 fully saturated rings. The van der Waals surface area contributed by atoms with Gasteiger partial charge in [-0.3, -0.25) is 0 Å². The van der Waals surface area contributed by atoms with Gasteiger partial charge in [-0.15, -0.1) is 0 Å². The number of halogens is 3. The molecule has 2 atom stereocenters. The maximum Gasteiger partial charge on any atom is 0.130 e. The number of alkyl halides is 1. The van der Waals surface area contributed by atoms with Crippen LogP contribution in [0.15, 0.2) is 18.2 Å². The molecule has 1 nitrogen and oxygen atoms in total. The van der Waals surface area contributed by atoms with Gasteiger partial charge in [-0.25, -0.2) is 13.2 Å². The number of hydrogen-bond acceptors (Lipinski definition) is 1. The van der Waals surface area contributed by atoms with E-state index in [-0.39, 0.29) is 18.0 Å². The summed E-state index contributed by atoms with van der Waals surface area (Å²) in [5.74, 6) is -1.94. The maximum absolute atomic E-state index is 14.0. The van der Waals surface area contributed by atoms with E-state index >= 15 is 0 Å². The van der Waals surface area contributed by atoms with Gasteiger partial charge >= 0.3 is 0 Å². The van der Waals surface area contributed by atoms with Gasteiger partial charge in [-0.1, -0.05) is 13.8 Å². The lowest BCUT2D eigenvalue weighted by molar-refractivity contribution is 0.188. The van der Waals surface area contributed by atoms with E-state index in [9.17, 15) is 13.2 Å². The molecule has 0 spiro atoms. The Balaban J connectivity index is 2.98. The van der Waals surface area contributed by atoms with Crippen molar-refractivity contribution < 1.29 is 13.2 Å². The molecule has 0 heterocycles. The summed E-state index contributed by atoms with van der Waals surface area (Å²) >= 11 is 0. The van der Waals surface area contributed by atoms with Crippen molar-refractivity contribution in [3.05, 3.63) is 35.4 Å². The van der Waals surface area contributed by atoms with E-state index < -0.39 is 23.7 Å². The largest absolute Gasteiger partial charge is 0.330 e. The highest BCUT2D eigenvalue weighted by Crippen LogP contribution is 2.31. The predicted molar refractivity (Wildman–Crippen MR) is 57.6 cm³/mol. The molecule has 0 saturated heterocycles. The summed E-state index contributed by atoms with van der Waals surface area (Å²) in [5.41, 5.74) is 5.48. The van der Waals surface area contributed by atoms with Crippen molar-refractivity contribution in [1.29, 1.82) is 0 Å². The molecule has 2 N–H and O–H groups in total. The zero-order chi connectivity index (χ0) is 12.3. The van der Waals surface area contributed by atoms with Crippen LogP contribution in [0, 0.1) is 23.5 Å². The van der Waals surface area contributed by atoms with Gasteiger partial charge < -0.3 is 5.73 Å². The van der Waals surface area contributed by atoms with E-state index in [0.29, 0.717) is 0 Å². The highest BCUT2D eigenvalue weighted by molar-refractivity contribution is 5.21. The van der Waals surface area contributed by atoms with Crippen LogP contribution in [0.1, 0.15) is 25.6 Å². The average molecular weight is 231 g/mol. The molecule has 0 amide bonds. The molecule has 1 aromatic carbocycles. The molecular weight excluding hydrogens is 215 g/mol. The monoisotopic (exact) mass is 231 g/mol. The molecular formula is C12H16F3N. The van der Waals surface area contributed by atoms with Crippen LogP contribution in [0.3, 0.4) is 0 Å². The fourth-order valence-corrected chi connectivity index (χ4v) is 1.71. The van der Waals surface area contributed by atoms with Gasteiger partial charge in [0.15, 0.2) is 0 Å². The Hall–Kier alpha value is -1.03. The summed E-state index contributed by atoms with van der Waals surface area (Å²) in [6, 6.07) is 2.75. The fourth-order valence-electron chi connectivity index (χ4n) is 1.71. The lowest BCUT2D eigenvalue weighted by Gasteiger charge is -2.23. The minimum atomic E-state index is -1.44. The first-order valence-corrected chi connectivity index (χ1v) is 5.25. The number of nitrogens with two attached hydrogens (primary N) is 1. The van der Waals surface area contributed by atoms with E-state index in [0.717, 1.165) is 18.2 Å². The quantitative estimate of drug-likeness (QED) is 0.846. The minimum absolute atomic E-state index is 0.0154. The Labute approximate surface area is 93.5 Å². The Bertz CT molecular complexity index is 332. The van der Waals surface area contributed by atoms with Crippen molar-refractivity contribution in [2.24, 2.45) is 17.6 Å². The Morgan fingerprint density at radius 1 is 1.12 bits per heavy atom. The first-order chi connectivity index (χ1) is 7.45. The number of rotatable bonds is 4. The van der Waals surface area contributed by atoms with Crippen molar-refractivity contribution in [1.82, 2.24) is 0 Å². The summed E-state index contributed by atoms with van der Waals surface area (Å²) in [7, 11) is 0. The third-order valence-corrected chi connectivity index (χ3v) is 2.71. The topological polar surface area (TPSA) is 26.0 Å². The van der Waals surface area contributed by atoms with Crippen LogP contribution < -0.4 is 5.73 Å². The van der Waals surface area contributed by atoms with Crippen molar-refractivity contribution >= 4 is 0 Å². The lowest BCUT2D eigenvalue weighted by atomic mass is 9.87. The molecule has 0 aliphatic rings. The summed E-state index contributed by atoms with van der Waals surface area (Å²) in [5, 5.41) is 0. The smallest absolute Gasteiger partial charge is 0.130 e. The van der Waals surface area contributed by atoms with E-state index in [1.54, 1.807) is 0 Å². The second-order valence-corrected chi connectivity index (χ2v) is 4.25. The molecule has 1 aromatic rings. The molecule has 0 aromatic heterocycles. The van der Waals surface area contributed by atoms with Gasteiger partial charge in [-0.2, -0.15) is 0 Å². The minimum Gasteiger partial charge on any atom is -0.330 e. The standard InChI is InChI=1S/C12H16F3N/c1-7(2)11(6-16)12(15)8-3-9(13)5-10(14)4-8/h3-5,7,11-12H,6,16H2,1-2H3. The summed E-state index contributed by atoms with van der Waals surface area (Å²) in [6.07, 6.45) is -1.44. The first kappa shape index (κ1) is 13.0. The van der Waals surface area contributed by atoms with Gasteiger partial charge in [0.05, 0.1) is 0 Å². The maximum atomic E-state index is 14.0. The van der Waals surface area contributed by atoms with Crippen LogP contribution in [-0.2, 0) is 0 Å². The van der Waals surface area contributed by atoms with Crippen molar-refractivity contribution in [3.63, 3.8) is 0 Å². The van der Waals surface area contributed by atoms with Gasteiger partial charge in [-0.05, 0) is 30.2 Å². The SMILES string of the molecule is CC(C)C(CN)C(F)c1cc(F)cc(F)c1. The Morgan fingerprint density at radius 2 is 1.62 bits per heavy atom.